The summed E-state index contributed by atoms with van der Waals surface area (Å²) in [5.74, 6) is 0.551. The van der Waals surface area contributed by atoms with Crippen LogP contribution in [0.4, 0.5) is 5.82 Å². The third-order valence-corrected chi connectivity index (χ3v) is 4.23. The summed E-state index contributed by atoms with van der Waals surface area (Å²) < 4.78 is 24.3. The van der Waals surface area contributed by atoms with Gasteiger partial charge in [0.05, 0.1) is 11.8 Å². The quantitative estimate of drug-likeness (QED) is 0.767. The van der Waals surface area contributed by atoms with Gasteiger partial charge < -0.3 is 5.32 Å². The summed E-state index contributed by atoms with van der Waals surface area (Å²) in [6, 6.07) is 5.58. The number of nitrogens with zero attached hydrogens (tertiary/aromatic N) is 3. The third-order valence-electron chi connectivity index (χ3n) is 2.85. The van der Waals surface area contributed by atoms with Gasteiger partial charge in [-0.3, -0.25) is 0 Å². The second-order valence-electron chi connectivity index (χ2n) is 4.50. The highest BCUT2D eigenvalue weighted by atomic mass is 32.2. The molecule has 0 saturated heterocycles. The molecule has 0 aliphatic rings. The molecule has 0 bridgehead atoms. The van der Waals surface area contributed by atoms with Crippen molar-refractivity contribution in [2.24, 2.45) is 0 Å². The van der Waals surface area contributed by atoms with Crippen LogP contribution in [0.5, 0.6) is 0 Å². The standard InChI is InChI=1S/C13H20N4O2S/c1-4-17(20(3,18)19)9-5-8-15-13-12(10-14)7-6-11(2)16-13/h6-7H,4-5,8-9H2,1-3H3,(H,15,16). The maximum absolute atomic E-state index is 11.4. The van der Waals surface area contributed by atoms with Crippen molar-refractivity contribution in [3.05, 3.63) is 23.4 Å². The molecule has 0 aliphatic heterocycles. The third kappa shape index (κ3) is 4.79. The molecule has 0 fully saturated rings. The molecule has 0 saturated carbocycles. The molecule has 1 aromatic heterocycles. The normalized spacial score (nSPS) is 11.3. The van der Waals surface area contributed by atoms with Crippen LogP contribution in [-0.2, 0) is 10.0 Å². The van der Waals surface area contributed by atoms with Crippen LogP contribution in [0.15, 0.2) is 12.1 Å². The van der Waals surface area contributed by atoms with E-state index in [1.54, 1.807) is 12.1 Å². The molecule has 7 heteroatoms. The van der Waals surface area contributed by atoms with Crippen LogP contribution in [-0.4, -0.2) is 43.6 Å². The van der Waals surface area contributed by atoms with E-state index in [1.807, 2.05) is 13.8 Å². The van der Waals surface area contributed by atoms with E-state index in [0.29, 0.717) is 37.4 Å². The summed E-state index contributed by atoms with van der Waals surface area (Å²) in [6.45, 7) is 5.15. The Balaban J connectivity index is 2.54. The van der Waals surface area contributed by atoms with Crippen LogP contribution in [0.1, 0.15) is 24.6 Å². The predicted molar refractivity (Wildman–Crippen MR) is 78.9 cm³/mol. The Morgan fingerprint density at radius 2 is 2.15 bits per heavy atom. The molecular formula is C13H20N4O2S. The summed E-state index contributed by atoms with van der Waals surface area (Å²) in [5, 5.41) is 12.1. The van der Waals surface area contributed by atoms with Crippen LogP contribution < -0.4 is 5.32 Å². The van der Waals surface area contributed by atoms with Crippen molar-refractivity contribution in [2.45, 2.75) is 20.3 Å². The zero-order chi connectivity index (χ0) is 15.2. The maximum atomic E-state index is 11.4. The van der Waals surface area contributed by atoms with Gasteiger partial charge in [-0.2, -0.15) is 5.26 Å². The molecule has 1 heterocycles. The maximum Gasteiger partial charge on any atom is 0.211 e. The molecule has 1 N–H and O–H groups in total. The Morgan fingerprint density at radius 1 is 1.45 bits per heavy atom. The van der Waals surface area contributed by atoms with E-state index in [1.165, 1.54) is 10.6 Å². The Morgan fingerprint density at radius 3 is 2.70 bits per heavy atom. The number of hydrogen-bond donors (Lipinski definition) is 1. The van der Waals surface area contributed by atoms with Crippen LogP contribution >= 0.6 is 0 Å². The second-order valence-corrected chi connectivity index (χ2v) is 6.48. The summed E-state index contributed by atoms with van der Waals surface area (Å²) >= 11 is 0. The van der Waals surface area contributed by atoms with Gasteiger partial charge >= 0.3 is 0 Å². The number of sulfonamides is 1. The van der Waals surface area contributed by atoms with Crippen LogP contribution in [0, 0.1) is 18.3 Å². The van der Waals surface area contributed by atoms with E-state index in [-0.39, 0.29) is 0 Å². The minimum atomic E-state index is -3.14. The van der Waals surface area contributed by atoms with Crippen molar-refractivity contribution in [1.82, 2.24) is 9.29 Å². The molecule has 1 aromatic rings. The summed E-state index contributed by atoms with van der Waals surface area (Å²) in [7, 11) is -3.14. The van der Waals surface area contributed by atoms with E-state index in [9.17, 15) is 8.42 Å². The Hall–Kier alpha value is -1.65. The van der Waals surface area contributed by atoms with Crippen molar-refractivity contribution in [3.63, 3.8) is 0 Å². The average Bonchev–Trinajstić information content (AvgIpc) is 2.37. The minimum absolute atomic E-state index is 0.454. The first-order valence-corrected chi connectivity index (χ1v) is 8.30. The fraction of sp³-hybridized carbons (Fsp3) is 0.538. The predicted octanol–water partition coefficient (Wildman–Crippen LogP) is 1.35. The lowest BCUT2D eigenvalue weighted by atomic mass is 10.2. The first kappa shape index (κ1) is 16.4. The fourth-order valence-corrected chi connectivity index (χ4v) is 2.73. The van der Waals surface area contributed by atoms with Crippen LogP contribution in [0.25, 0.3) is 0 Å². The molecule has 0 atom stereocenters. The highest BCUT2D eigenvalue weighted by Gasteiger charge is 2.13. The topological polar surface area (TPSA) is 86.1 Å². The van der Waals surface area contributed by atoms with Crippen molar-refractivity contribution in [3.8, 4) is 6.07 Å². The van der Waals surface area contributed by atoms with E-state index >= 15 is 0 Å². The minimum Gasteiger partial charge on any atom is -0.369 e. The van der Waals surface area contributed by atoms with Gasteiger partial charge in [0.1, 0.15) is 11.9 Å². The van der Waals surface area contributed by atoms with Gasteiger partial charge in [0.25, 0.3) is 0 Å². The number of aryl methyl sites for hydroxylation is 1. The highest BCUT2D eigenvalue weighted by Crippen LogP contribution is 2.12. The number of aromatic nitrogens is 1. The SMILES string of the molecule is CCN(CCCNc1nc(C)ccc1C#N)S(C)(=O)=O. The van der Waals surface area contributed by atoms with Gasteiger partial charge in [0.2, 0.25) is 10.0 Å². The van der Waals surface area contributed by atoms with Gasteiger partial charge in [-0.25, -0.2) is 17.7 Å². The first-order valence-electron chi connectivity index (χ1n) is 6.45. The number of anilines is 1. The zero-order valence-corrected chi connectivity index (χ0v) is 12.9. The van der Waals surface area contributed by atoms with Crippen molar-refractivity contribution in [2.75, 3.05) is 31.2 Å². The molecule has 0 aromatic carbocycles. The molecule has 0 spiro atoms. The molecule has 110 valence electrons. The van der Waals surface area contributed by atoms with Crippen molar-refractivity contribution < 1.29 is 8.42 Å². The fourth-order valence-electron chi connectivity index (χ4n) is 1.80. The molecule has 1 rings (SSSR count). The van der Waals surface area contributed by atoms with Crippen LogP contribution in [0.3, 0.4) is 0 Å². The summed E-state index contributed by atoms with van der Waals surface area (Å²) in [5.41, 5.74) is 1.32. The number of pyridine rings is 1. The smallest absolute Gasteiger partial charge is 0.211 e. The van der Waals surface area contributed by atoms with Gasteiger partial charge in [0.15, 0.2) is 0 Å². The number of hydrogen-bond acceptors (Lipinski definition) is 5. The van der Waals surface area contributed by atoms with E-state index in [4.69, 9.17) is 5.26 Å². The van der Waals surface area contributed by atoms with Gasteiger partial charge in [-0.1, -0.05) is 6.92 Å². The zero-order valence-electron chi connectivity index (χ0n) is 12.0. The van der Waals surface area contributed by atoms with Crippen molar-refractivity contribution in [1.29, 1.82) is 5.26 Å². The molecule has 6 nitrogen and oxygen atoms in total. The molecule has 20 heavy (non-hydrogen) atoms. The lowest BCUT2D eigenvalue weighted by Gasteiger charge is -2.17. The van der Waals surface area contributed by atoms with Crippen molar-refractivity contribution >= 4 is 15.8 Å². The lowest BCUT2D eigenvalue weighted by molar-refractivity contribution is 0.428. The second kappa shape index (κ2) is 7.22. The molecular weight excluding hydrogens is 276 g/mol. The number of rotatable bonds is 7. The lowest BCUT2D eigenvalue weighted by Crippen LogP contribution is -2.31. The average molecular weight is 296 g/mol. The van der Waals surface area contributed by atoms with Gasteiger partial charge in [-0.05, 0) is 25.5 Å². The Labute approximate surface area is 120 Å². The monoisotopic (exact) mass is 296 g/mol. The largest absolute Gasteiger partial charge is 0.369 e. The highest BCUT2D eigenvalue weighted by molar-refractivity contribution is 7.88. The Kier molecular flexibility index (Phi) is 5.92. The molecule has 0 aliphatic carbocycles. The molecule has 0 amide bonds. The van der Waals surface area contributed by atoms with Crippen LogP contribution in [0.2, 0.25) is 0 Å². The van der Waals surface area contributed by atoms with E-state index in [2.05, 4.69) is 16.4 Å². The van der Waals surface area contributed by atoms with E-state index in [0.717, 1.165) is 5.69 Å². The number of nitrogens with one attached hydrogen (secondary N) is 1. The summed E-state index contributed by atoms with van der Waals surface area (Å²) in [6.07, 6.45) is 1.86. The molecule has 0 radical (unpaired) electrons. The van der Waals surface area contributed by atoms with Gasteiger partial charge in [-0.15, -0.1) is 0 Å². The number of nitriles is 1. The van der Waals surface area contributed by atoms with Gasteiger partial charge in [0, 0.05) is 25.3 Å². The van der Waals surface area contributed by atoms with E-state index < -0.39 is 10.0 Å². The first-order chi connectivity index (χ1) is 9.38. The molecule has 0 unspecified atom stereocenters. The Bertz CT molecular complexity index is 593. The summed E-state index contributed by atoms with van der Waals surface area (Å²) in [4.78, 5) is 4.26.